The van der Waals surface area contributed by atoms with Crippen LogP contribution in [0.1, 0.15) is 11.1 Å². The molecule has 1 heterocycles. The lowest BCUT2D eigenvalue weighted by Crippen LogP contribution is -2.35. The lowest BCUT2D eigenvalue weighted by molar-refractivity contribution is 0.0341. The fourth-order valence-corrected chi connectivity index (χ4v) is 1.84. The number of morpholine rings is 1. The summed E-state index contributed by atoms with van der Waals surface area (Å²) in [6.07, 6.45) is 0. The van der Waals surface area contributed by atoms with Crippen LogP contribution in [-0.2, 0) is 23.0 Å². The summed E-state index contributed by atoms with van der Waals surface area (Å²) in [4.78, 5) is 2.35. The van der Waals surface area contributed by atoms with Crippen LogP contribution >= 0.6 is 0 Å². The van der Waals surface area contributed by atoms with E-state index in [0.29, 0.717) is 0 Å². The summed E-state index contributed by atoms with van der Waals surface area (Å²) < 4.78 is 5.29. The van der Waals surface area contributed by atoms with Gasteiger partial charge in [0.15, 0.2) is 0 Å². The van der Waals surface area contributed by atoms with Crippen LogP contribution in [0, 0.1) is 0 Å². The van der Waals surface area contributed by atoms with Crippen molar-refractivity contribution in [3.05, 3.63) is 35.4 Å². The zero-order valence-electron chi connectivity index (χ0n) is 8.82. The lowest BCUT2D eigenvalue weighted by atomic mass is 10.1. The summed E-state index contributed by atoms with van der Waals surface area (Å²) in [6.45, 7) is 4.42. The summed E-state index contributed by atoms with van der Waals surface area (Å²) in [5, 5.41) is 10.7. The lowest BCUT2D eigenvalue weighted by Gasteiger charge is -2.26. The van der Waals surface area contributed by atoms with Gasteiger partial charge in [0.2, 0.25) is 0 Å². The number of rotatable bonds is 3. The molecule has 0 bridgehead atoms. The molecule has 1 aliphatic rings. The maximum atomic E-state index is 10.7. The van der Waals surface area contributed by atoms with Crippen LogP contribution < -0.4 is 0 Å². The molecule has 0 atom stereocenters. The Morgan fingerprint density at radius 1 is 1.20 bits per heavy atom. The Kier molecular flexibility index (Phi) is 3.72. The third-order valence-electron chi connectivity index (χ3n) is 2.67. The Morgan fingerprint density at radius 2 is 1.93 bits per heavy atom. The highest BCUT2D eigenvalue weighted by Crippen LogP contribution is 2.09. The van der Waals surface area contributed by atoms with Crippen molar-refractivity contribution in [2.24, 2.45) is 0 Å². The van der Waals surface area contributed by atoms with Crippen LogP contribution in [0.15, 0.2) is 24.3 Å². The van der Waals surface area contributed by atoms with Crippen molar-refractivity contribution < 1.29 is 9.84 Å². The summed E-state index contributed by atoms with van der Waals surface area (Å²) in [7, 11) is 0. The van der Waals surface area contributed by atoms with Crippen molar-refractivity contribution in [3.8, 4) is 0 Å². The van der Waals surface area contributed by atoms with Gasteiger partial charge in [-0.2, -0.15) is 0 Å². The van der Waals surface area contributed by atoms with Crippen molar-refractivity contribution in [1.29, 1.82) is 0 Å². The molecule has 2 rings (SSSR count). The first-order valence-corrected chi connectivity index (χ1v) is 5.34. The van der Waals surface area contributed by atoms with Gasteiger partial charge in [-0.3, -0.25) is 4.90 Å². The molecule has 15 heavy (non-hydrogen) atoms. The summed E-state index contributed by atoms with van der Waals surface area (Å²) in [6, 6.07) is 7.93. The molecule has 0 unspecified atom stereocenters. The minimum absolute atomic E-state index is 0.128. The number of hydrogen-bond donors (Lipinski definition) is 0. The van der Waals surface area contributed by atoms with Crippen LogP contribution in [0.4, 0.5) is 0 Å². The second kappa shape index (κ2) is 5.26. The van der Waals surface area contributed by atoms with Crippen molar-refractivity contribution in [1.82, 2.24) is 4.90 Å². The molecule has 0 aliphatic carbocycles. The van der Waals surface area contributed by atoms with Gasteiger partial charge in [-0.15, -0.1) is 0 Å². The second-order valence-corrected chi connectivity index (χ2v) is 3.85. The minimum Gasteiger partial charge on any atom is -0.379 e. The van der Waals surface area contributed by atoms with Gasteiger partial charge >= 0.3 is 0 Å². The highest BCUT2D eigenvalue weighted by molar-refractivity contribution is 5.22. The topological polar surface area (TPSA) is 32.4 Å². The Bertz CT molecular complexity index is 308. The number of hydrogen-bond acceptors (Lipinski definition) is 2. The van der Waals surface area contributed by atoms with Crippen LogP contribution in [0.25, 0.3) is 0 Å². The molecule has 0 amide bonds. The van der Waals surface area contributed by atoms with Crippen molar-refractivity contribution in [2.45, 2.75) is 13.2 Å². The molecule has 3 nitrogen and oxygen atoms in total. The normalized spacial score (nSPS) is 17.9. The number of ether oxygens (including phenoxy) is 1. The van der Waals surface area contributed by atoms with E-state index in [1.807, 2.05) is 18.2 Å². The van der Waals surface area contributed by atoms with Gasteiger partial charge in [0.25, 0.3) is 0 Å². The zero-order chi connectivity index (χ0) is 10.5. The number of nitrogens with zero attached hydrogens (tertiary/aromatic N) is 1. The maximum Gasteiger partial charge on any atom is 0.107 e. The van der Waals surface area contributed by atoms with E-state index in [4.69, 9.17) is 4.74 Å². The average molecular weight is 206 g/mol. The molecule has 1 aromatic carbocycles. The highest BCUT2D eigenvalue weighted by atomic mass is 16.5. The van der Waals surface area contributed by atoms with Gasteiger partial charge in [-0.05, 0) is 11.1 Å². The highest BCUT2D eigenvalue weighted by Gasteiger charge is 2.10. The van der Waals surface area contributed by atoms with Crippen LogP contribution in [-0.4, -0.2) is 31.2 Å². The monoisotopic (exact) mass is 206 g/mol. The van der Waals surface area contributed by atoms with E-state index in [9.17, 15) is 5.11 Å². The first kappa shape index (κ1) is 10.6. The number of benzene rings is 1. The molecule has 1 radical (unpaired) electrons. The van der Waals surface area contributed by atoms with Crippen LogP contribution in [0.2, 0.25) is 0 Å². The molecule has 1 saturated heterocycles. The molecular weight excluding hydrogens is 190 g/mol. The van der Waals surface area contributed by atoms with E-state index < -0.39 is 0 Å². The summed E-state index contributed by atoms with van der Waals surface area (Å²) in [5.74, 6) is 0. The Balaban J connectivity index is 1.96. The Labute approximate surface area is 90.3 Å². The largest absolute Gasteiger partial charge is 0.379 e. The fourth-order valence-electron chi connectivity index (χ4n) is 1.84. The predicted molar refractivity (Wildman–Crippen MR) is 56.9 cm³/mol. The van der Waals surface area contributed by atoms with Crippen LogP contribution in [0.3, 0.4) is 0 Å². The molecule has 1 fully saturated rings. The van der Waals surface area contributed by atoms with E-state index in [1.165, 1.54) is 5.56 Å². The van der Waals surface area contributed by atoms with Gasteiger partial charge in [0.05, 0.1) is 13.2 Å². The van der Waals surface area contributed by atoms with Gasteiger partial charge in [-0.1, -0.05) is 24.3 Å². The predicted octanol–water partition coefficient (Wildman–Crippen LogP) is 1.45. The van der Waals surface area contributed by atoms with Crippen molar-refractivity contribution >= 4 is 0 Å². The van der Waals surface area contributed by atoms with E-state index in [0.717, 1.165) is 38.4 Å². The summed E-state index contributed by atoms with van der Waals surface area (Å²) in [5.41, 5.74) is 2.10. The molecule has 0 saturated carbocycles. The van der Waals surface area contributed by atoms with E-state index in [-0.39, 0.29) is 6.61 Å². The molecule has 0 spiro atoms. The summed E-state index contributed by atoms with van der Waals surface area (Å²) >= 11 is 0. The Hall–Kier alpha value is -0.900. The molecule has 0 aromatic heterocycles. The smallest absolute Gasteiger partial charge is 0.107 e. The third-order valence-corrected chi connectivity index (χ3v) is 2.67. The van der Waals surface area contributed by atoms with Crippen molar-refractivity contribution in [3.63, 3.8) is 0 Å². The van der Waals surface area contributed by atoms with Crippen molar-refractivity contribution in [2.75, 3.05) is 26.3 Å². The average Bonchev–Trinajstić information content (AvgIpc) is 2.31. The van der Waals surface area contributed by atoms with Crippen LogP contribution in [0.5, 0.6) is 0 Å². The standard InChI is InChI=1S/C12H16NO2/c14-10-12-3-1-2-11(8-12)9-13-4-6-15-7-5-13/h1-3,8H,4-7,9-10H2. The zero-order valence-corrected chi connectivity index (χ0v) is 8.82. The molecular formula is C12H16NO2. The maximum absolute atomic E-state index is 10.7. The van der Waals surface area contributed by atoms with Gasteiger partial charge in [0, 0.05) is 19.6 Å². The molecule has 3 heteroatoms. The van der Waals surface area contributed by atoms with Gasteiger partial charge in [0.1, 0.15) is 6.61 Å². The van der Waals surface area contributed by atoms with Gasteiger partial charge < -0.3 is 4.74 Å². The minimum atomic E-state index is -0.128. The second-order valence-electron chi connectivity index (χ2n) is 3.85. The SMILES string of the molecule is [O]Cc1cccc(CN2CCOCC2)c1. The van der Waals surface area contributed by atoms with E-state index >= 15 is 0 Å². The van der Waals surface area contributed by atoms with E-state index in [1.54, 1.807) is 0 Å². The third kappa shape index (κ3) is 3.02. The first-order valence-electron chi connectivity index (χ1n) is 5.34. The fraction of sp³-hybridized carbons (Fsp3) is 0.500. The van der Waals surface area contributed by atoms with E-state index in [2.05, 4.69) is 11.0 Å². The molecule has 1 aliphatic heterocycles. The molecule has 1 aromatic rings. The molecule has 0 N–H and O–H groups in total. The first-order chi connectivity index (χ1) is 7.38. The van der Waals surface area contributed by atoms with Gasteiger partial charge in [-0.25, -0.2) is 5.11 Å². The quantitative estimate of drug-likeness (QED) is 0.749. The Morgan fingerprint density at radius 3 is 2.67 bits per heavy atom. The molecule has 81 valence electrons.